The Morgan fingerprint density at radius 3 is 2.50 bits per heavy atom. The standard InChI is InChI=1S/C14H20F3N3/c1-10-8-11(2-5-18)9-19-13(10)20-6-3-12(4-7-20)14(15,16)17/h8-9,12H,2-7,18H2,1H3. The summed E-state index contributed by atoms with van der Waals surface area (Å²) in [6.45, 7) is 3.33. The normalized spacial score (nSPS) is 17.6. The van der Waals surface area contributed by atoms with Crippen molar-refractivity contribution in [3.8, 4) is 0 Å². The van der Waals surface area contributed by atoms with E-state index >= 15 is 0 Å². The molecule has 20 heavy (non-hydrogen) atoms. The molecule has 1 saturated heterocycles. The maximum absolute atomic E-state index is 12.6. The number of nitrogens with two attached hydrogens (primary N) is 1. The van der Waals surface area contributed by atoms with E-state index in [0.29, 0.717) is 19.6 Å². The second-order valence-corrected chi connectivity index (χ2v) is 5.33. The molecule has 0 spiro atoms. The molecule has 0 aliphatic carbocycles. The highest BCUT2D eigenvalue weighted by Crippen LogP contribution is 2.35. The SMILES string of the molecule is Cc1cc(CCN)cnc1N1CCC(C(F)(F)F)CC1. The predicted octanol–water partition coefficient (Wildman–Crippen LogP) is 2.67. The van der Waals surface area contributed by atoms with Crippen LogP contribution in [0.25, 0.3) is 0 Å². The summed E-state index contributed by atoms with van der Waals surface area (Å²) >= 11 is 0. The van der Waals surface area contributed by atoms with Gasteiger partial charge in [-0.2, -0.15) is 13.2 Å². The zero-order valence-corrected chi connectivity index (χ0v) is 11.6. The summed E-state index contributed by atoms with van der Waals surface area (Å²) in [5, 5.41) is 0. The predicted molar refractivity (Wildman–Crippen MR) is 72.7 cm³/mol. The Labute approximate surface area is 117 Å². The first kappa shape index (κ1) is 15.1. The fraction of sp³-hybridized carbons (Fsp3) is 0.643. The second kappa shape index (κ2) is 5.99. The van der Waals surface area contributed by atoms with Gasteiger partial charge in [-0.3, -0.25) is 0 Å². The molecule has 0 bridgehead atoms. The van der Waals surface area contributed by atoms with Gasteiger partial charge >= 0.3 is 6.18 Å². The molecule has 1 aromatic rings. The lowest BCUT2D eigenvalue weighted by Gasteiger charge is -2.34. The summed E-state index contributed by atoms with van der Waals surface area (Å²) in [5.74, 6) is -0.373. The summed E-state index contributed by atoms with van der Waals surface area (Å²) < 4.78 is 37.9. The molecule has 0 atom stereocenters. The van der Waals surface area contributed by atoms with Crippen LogP contribution in [0, 0.1) is 12.8 Å². The van der Waals surface area contributed by atoms with Crippen LogP contribution in [0.15, 0.2) is 12.3 Å². The van der Waals surface area contributed by atoms with E-state index in [9.17, 15) is 13.2 Å². The van der Waals surface area contributed by atoms with Gasteiger partial charge in [0.25, 0.3) is 0 Å². The molecule has 0 saturated carbocycles. The second-order valence-electron chi connectivity index (χ2n) is 5.33. The highest BCUT2D eigenvalue weighted by atomic mass is 19.4. The summed E-state index contributed by atoms with van der Waals surface area (Å²) in [6.07, 6.45) is -1.24. The Morgan fingerprint density at radius 2 is 2.00 bits per heavy atom. The zero-order valence-electron chi connectivity index (χ0n) is 11.6. The Balaban J connectivity index is 2.03. The molecule has 6 heteroatoms. The lowest BCUT2D eigenvalue weighted by atomic mass is 9.96. The number of anilines is 1. The van der Waals surface area contributed by atoms with Crippen molar-refractivity contribution in [2.75, 3.05) is 24.5 Å². The summed E-state index contributed by atoms with van der Waals surface area (Å²) in [4.78, 5) is 6.35. The molecule has 1 aliphatic rings. The third-order valence-electron chi connectivity index (χ3n) is 3.80. The van der Waals surface area contributed by atoms with Crippen LogP contribution < -0.4 is 10.6 Å². The highest BCUT2D eigenvalue weighted by molar-refractivity contribution is 5.47. The average Bonchev–Trinajstić information content (AvgIpc) is 2.38. The van der Waals surface area contributed by atoms with E-state index in [0.717, 1.165) is 23.4 Å². The van der Waals surface area contributed by atoms with Crippen LogP contribution in [-0.4, -0.2) is 30.8 Å². The van der Waals surface area contributed by atoms with Crippen molar-refractivity contribution in [3.63, 3.8) is 0 Å². The van der Waals surface area contributed by atoms with E-state index in [4.69, 9.17) is 5.73 Å². The van der Waals surface area contributed by atoms with E-state index in [1.54, 1.807) is 6.20 Å². The first-order valence-corrected chi connectivity index (χ1v) is 6.89. The van der Waals surface area contributed by atoms with E-state index in [1.807, 2.05) is 17.9 Å². The monoisotopic (exact) mass is 287 g/mol. The molecule has 1 aliphatic heterocycles. The number of piperidine rings is 1. The van der Waals surface area contributed by atoms with Gasteiger partial charge in [0.2, 0.25) is 0 Å². The summed E-state index contributed by atoms with van der Waals surface area (Å²) in [5.41, 5.74) is 7.57. The van der Waals surface area contributed by atoms with E-state index in [2.05, 4.69) is 4.98 Å². The van der Waals surface area contributed by atoms with E-state index in [-0.39, 0.29) is 12.8 Å². The highest BCUT2D eigenvalue weighted by Gasteiger charge is 2.41. The largest absolute Gasteiger partial charge is 0.391 e. The van der Waals surface area contributed by atoms with Gasteiger partial charge < -0.3 is 10.6 Å². The number of pyridine rings is 1. The summed E-state index contributed by atoms with van der Waals surface area (Å²) in [6, 6.07) is 2.02. The molecule has 2 N–H and O–H groups in total. The van der Waals surface area contributed by atoms with Crippen LogP contribution in [0.5, 0.6) is 0 Å². The van der Waals surface area contributed by atoms with Gasteiger partial charge in [0, 0.05) is 19.3 Å². The topological polar surface area (TPSA) is 42.1 Å². The van der Waals surface area contributed by atoms with Gasteiger partial charge in [-0.1, -0.05) is 6.07 Å². The maximum Gasteiger partial charge on any atom is 0.391 e. The van der Waals surface area contributed by atoms with Crippen molar-refractivity contribution < 1.29 is 13.2 Å². The van der Waals surface area contributed by atoms with Crippen LogP contribution in [0.4, 0.5) is 19.0 Å². The Bertz CT molecular complexity index is 451. The molecule has 0 amide bonds. The van der Waals surface area contributed by atoms with Gasteiger partial charge in [-0.15, -0.1) is 0 Å². The van der Waals surface area contributed by atoms with Crippen LogP contribution in [0.2, 0.25) is 0 Å². The van der Waals surface area contributed by atoms with Gasteiger partial charge in [0.05, 0.1) is 5.92 Å². The van der Waals surface area contributed by atoms with Gasteiger partial charge in [0.1, 0.15) is 5.82 Å². The molecule has 1 aromatic heterocycles. The Morgan fingerprint density at radius 1 is 1.35 bits per heavy atom. The molecule has 3 nitrogen and oxygen atoms in total. The molecule has 0 radical (unpaired) electrons. The van der Waals surface area contributed by atoms with Gasteiger partial charge in [0.15, 0.2) is 0 Å². The molecule has 1 fully saturated rings. The summed E-state index contributed by atoms with van der Waals surface area (Å²) in [7, 11) is 0. The number of nitrogens with zero attached hydrogens (tertiary/aromatic N) is 2. The van der Waals surface area contributed by atoms with Gasteiger partial charge in [-0.05, 0) is 43.9 Å². The lowest BCUT2D eigenvalue weighted by Crippen LogP contribution is -2.39. The van der Waals surface area contributed by atoms with E-state index < -0.39 is 12.1 Å². The quantitative estimate of drug-likeness (QED) is 0.929. The molecule has 0 aromatic carbocycles. The number of halogens is 3. The van der Waals surface area contributed by atoms with Crippen molar-refractivity contribution in [2.45, 2.75) is 32.4 Å². The van der Waals surface area contributed by atoms with Crippen molar-refractivity contribution in [2.24, 2.45) is 11.7 Å². The van der Waals surface area contributed by atoms with Crippen LogP contribution >= 0.6 is 0 Å². The smallest absolute Gasteiger partial charge is 0.356 e. The third-order valence-corrected chi connectivity index (χ3v) is 3.80. The fourth-order valence-corrected chi connectivity index (χ4v) is 2.68. The molecule has 2 rings (SSSR count). The minimum atomic E-state index is -4.07. The van der Waals surface area contributed by atoms with Crippen LogP contribution in [-0.2, 0) is 6.42 Å². The van der Waals surface area contributed by atoms with Crippen molar-refractivity contribution in [1.82, 2.24) is 4.98 Å². The number of rotatable bonds is 3. The maximum atomic E-state index is 12.6. The van der Waals surface area contributed by atoms with E-state index in [1.165, 1.54) is 0 Å². The first-order chi connectivity index (χ1) is 9.41. The number of aryl methyl sites for hydroxylation is 1. The van der Waals surface area contributed by atoms with Crippen LogP contribution in [0.1, 0.15) is 24.0 Å². The molecular weight excluding hydrogens is 267 g/mol. The molecule has 112 valence electrons. The molecule has 2 heterocycles. The molecular formula is C14H20F3N3. The average molecular weight is 287 g/mol. The van der Waals surface area contributed by atoms with Gasteiger partial charge in [-0.25, -0.2) is 4.98 Å². The Hall–Kier alpha value is -1.30. The first-order valence-electron chi connectivity index (χ1n) is 6.89. The molecule has 0 unspecified atom stereocenters. The zero-order chi connectivity index (χ0) is 14.8. The minimum Gasteiger partial charge on any atom is -0.356 e. The number of alkyl halides is 3. The van der Waals surface area contributed by atoms with Crippen molar-refractivity contribution >= 4 is 5.82 Å². The fourth-order valence-electron chi connectivity index (χ4n) is 2.68. The van der Waals surface area contributed by atoms with Crippen LogP contribution in [0.3, 0.4) is 0 Å². The number of hydrogen-bond donors (Lipinski definition) is 1. The minimum absolute atomic E-state index is 0.148. The number of hydrogen-bond acceptors (Lipinski definition) is 3. The Kier molecular flexibility index (Phi) is 4.52. The third kappa shape index (κ3) is 3.42. The number of aromatic nitrogens is 1. The lowest BCUT2D eigenvalue weighted by molar-refractivity contribution is -0.179. The van der Waals surface area contributed by atoms with Crippen molar-refractivity contribution in [1.29, 1.82) is 0 Å². The van der Waals surface area contributed by atoms with Crippen molar-refractivity contribution in [3.05, 3.63) is 23.4 Å².